The van der Waals surface area contributed by atoms with Crippen LogP contribution in [0, 0.1) is 0 Å². The molecule has 0 saturated heterocycles. The average molecular weight is 310 g/mol. The minimum absolute atomic E-state index is 0.0615. The highest BCUT2D eigenvalue weighted by Gasteiger charge is 2.09. The summed E-state index contributed by atoms with van der Waals surface area (Å²) < 4.78 is 1.82. The summed E-state index contributed by atoms with van der Waals surface area (Å²) in [6.45, 7) is 2.70. The minimum Gasteiger partial charge on any atom is -0.399 e. The number of thiazole rings is 1. The summed E-state index contributed by atoms with van der Waals surface area (Å²) in [5.41, 5.74) is 10.9. The van der Waals surface area contributed by atoms with Crippen LogP contribution in [0.4, 0.5) is 5.69 Å². The van der Waals surface area contributed by atoms with Crippen molar-refractivity contribution in [2.75, 3.05) is 5.73 Å². The first-order valence-corrected chi connectivity index (χ1v) is 8.17. The van der Waals surface area contributed by atoms with Gasteiger partial charge in [-0.1, -0.05) is 54.7 Å². The fourth-order valence-corrected chi connectivity index (χ4v) is 3.19. The molecule has 0 bridgehead atoms. The van der Waals surface area contributed by atoms with Crippen molar-refractivity contribution >= 4 is 17.0 Å². The first-order valence-electron chi connectivity index (χ1n) is 7.29. The van der Waals surface area contributed by atoms with Crippen LogP contribution in [0.3, 0.4) is 0 Å². The maximum absolute atomic E-state index is 12.2. The molecule has 0 aliphatic rings. The lowest BCUT2D eigenvalue weighted by Gasteiger charge is -2.09. The maximum atomic E-state index is 12.2. The minimum atomic E-state index is 0.0615. The van der Waals surface area contributed by atoms with Crippen molar-refractivity contribution in [3.8, 4) is 11.3 Å². The second-order valence-electron chi connectivity index (χ2n) is 5.27. The van der Waals surface area contributed by atoms with Crippen molar-refractivity contribution in [1.29, 1.82) is 0 Å². The summed E-state index contributed by atoms with van der Waals surface area (Å²) in [5.74, 6) is 0. The summed E-state index contributed by atoms with van der Waals surface area (Å²) in [7, 11) is 0. The zero-order valence-electron chi connectivity index (χ0n) is 12.5. The molecule has 0 aliphatic heterocycles. The van der Waals surface area contributed by atoms with Crippen LogP contribution in [0.15, 0.2) is 58.7 Å². The molecule has 112 valence electrons. The Morgan fingerprint density at radius 3 is 2.27 bits per heavy atom. The van der Waals surface area contributed by atoms with Crippen molar-refractivity contribution in [1.82, 2.24) is 4.57 Å². The van der Waals surface area contributed by atoms with Gasteiger partial charge in [0, 0.05) is 11.1 Å². The van der Waals surface area contributed by atoms with E-state index in [0.29, 0.717) is 6.54 Å². The molecular formula is C18H18N2OS. The largest absolute Gasteiger partial charge is 0.399 e. The zero-order valence-corrected chi connectivity index (χ0v) is 13.3. The molecule has 3 rings (SSSR count). The van der Waals surface area contributed by atoms with Gasteiger partial charge < -0.3 is 5.73 Å². The van der Waals surface area contributed by atoms with Crippen molar-refractivity contribution in [3.63, 3.8) is 0 Å². The SMILES string of the molecule is CCc1ccc(-c2csc(=O)n2Cc2ccc(N)cc2)cc1. The molecule has 22 heavy (non-hydrogen) atoms. The predicted molar refractivity (Wildman–Crippen MR) is 93.3 cm³/mol. The molecule has 0 fully saturated rings. The number of hydrogen-bond donors (Lipinski definition) is 1. The smallest absolute Gasteiger partial charge is 0.307 e. The van der Waals surface area contributed by atoms with Gasteiger partial charge in [-0.15, -0.1) is 0 Å². The fourth-order valence-electron chi connectivity index (χ4n) is 2.42. The third-order valence-electron chi connectivity index (χ3n) is 3.76. The van der Waals surface area contributed by atoms with Crippen LogP contribution in [0.5, 0.6) is 0 Å². The number of anilines is 1. The summed E-state index contributed by atoms with van der Waals surface area (Å²) in [6.07, 6.45) is 1.02. The summed E-state index contributed by atoms with van der Waals surface area (Å²) in [4.78, 5) is 12.2. The van der Waals surface area contributed by atoms with E-state index in [2.05, 4.69) is 31.2 Å². The van der Waals surface area contributed by atoms with Crippen molar-refractivity contribution < 1.29 is 0 Å². The van der Waals surface area contributed by atoms with E-state index in [1.165, 1.54) is 16.9 Å². The van der Waals surface area contributed by atoms with Gasteiger partial charge in [0.25, 0.3) is 0 Å². The van der Waals surface area contributed by atoms with Gasteiger partial charge in [-0.25, -0.2) is 0 Å². The van der Waals surface area contributed by atoms with Crippen molar-refractivity contribution in [3.05, 3.63) is 74.7 Å². The summed E-state index contributed by atoms with van der Waals surface area (Å²) in [6, 6.07) is 16.0. The average Bonchev–Trinajstić information content (AvgIpc) is 2.91. The van der Waals surface area contributed by atoms with Crippen molar-refractivity contribution in [2.24, 2.45) is 0 Å². The maximum Gasteiger partial charge on any atom is 0.307 e. The molecule has 0 amide bonds. The number of aryl methyl sites for hydroxylation is 1. The number of nitrogens with zero attached hydrogens (tertiary/aromatic N) is 1. The van der Waals surface area contributed by atoms with E-state index in [1.54, 1.807) is 0 Å². The molecule has 0 saturated carbocycles. The molecule has 1 aromatic heterocycles. The Labute approximate surface area is 133 Å². The molecule has 0 aliphatic carbocycles. The first-order chi connectivity index (χ1) is 10.7. The van der Waals surface area contributed by atoms with Gasteiger partial charge in [0.15, 0.2) is 0 Å². The van der Waals surface area contributed by atoms with E-state index >= 15 is 0 Å². The molecule has 1 heterocycles. The van der Waals surface area contributed by atoms with Gasteiger partial charge in [0.05, 0.1) is 12.2 Å². The Bertz CT molecular complexity index is 814. The number of rotatable bonds is 4. The fraction of sp³-hybridized carbons (Fsp3) is 0.167. The molecule has 0 atom stereocenters. The molecule has 0 spiro atoms. The topological polar surface area (TPSA) is 48.0 Å². The van der Waals surface area contributed by atoms with E-state index in [0.717, 1.165) is 28.9 Å². The standard InChI is InChI=1S/C18H18N2OS/c1-2-13-3-7-15(8-4-13)17-12-22-18(21)20(17)11-14-5-9-16(19)10-6-14/h3-10,12H,2,11,19H2,1H3. The Kier molecular flexibility index (Phi) is 4.11. The van der Waals surface area contributed by atoms with E-state index < -0.39 is 0 Å². The quantitative estimate of drug-likeness (QED) is 0.746. The molecule has 3 nitrogen and oxygen atoms in total. The summed E-state index contributed by atoms with van der Waals surface area (Å²) in [5, 5.41) is 1.93. The normalized spacial score (nSPS) is 10.8. The Morgan fingerprint density at radius 1 is 1.00 bits per heavy atom. The number of hydrogen-bond acceptors (Lipinski definition) is 3. The van der Waals surface area contributed by atoms with Gasteiger partial charge in [0.2, 0.25) is 0 Å². The van der Waals surface area contributed by atoms with E-state index in [4.69, 9.17) is 5.73 Å². The molecule has 0 unspecified atom stereocenters. The molecular weight excluding hydrogens is 292 g/mol. The molecule has 3 aromatic rings. The third kappa shape index (κ3) is 2.97. The molecule has 0 radical (unpaired) electrons. The van der Waals surface area contributed by atoms with Crippen LogP contribution in [-0.2, 0) is 13.0 Å². The molecule has 2 N–H and O–H groups in total. The zero-order chi connectivity index (χ0) is 15.5. The Hall–Kier alpha value is -2.33. The Balaban J connectivity index is 1.96. The second kappa shape index (κ2) is 6.20. The van der Waals surface area contributed by atoms with Crippen LogP contribution < -0.4 is 10.6 Å². The van der Waals surface area contributed by atoms with Gasteiger partial charge in [0.1, 0.15) is 0 Å². The lowest BCUT2D eigenvalue weighted by atomic mass is 10.1. The van der Waals surface area contributed by atoms with Crippen LogP contribution in [0.1, 0.15) is 18.1 Å². The molecule has 4 heteroatoms. The monoisotopic (exact) mass is 310 g/mol. The van der Waals surface area contributed by atoms with Crippen LogP contribution in [-0.4, -0.2) is 4.57 Å². The van der Waals surface area contributed by atoms with E-state index in [-0.39, 0.29) is 4.87 Å². The second-order valence-corrected chi connectivity index (χ2v) is 6.09. The van der Waals surface area contributed by atoms with Gasteiger partial charge in [-0.05, 0) is 35.2 Å². The lowest BCUT2D eigenvalue weighted by molar-refractivity contribution is 0.792. The Morgan fingerprint density at radius 2 is 1.64 bits per heavy atom. The highest BCUT2D eigenvalue weighted by atomic mass is 32.1. The predicted octanol–water partition coefficient (Wildman–Crippen LogP) is 3.77. The van der Waals surface area contributed by atoms with Crippen molar-refractivity contribution in [2.45, 2.75) is 19.9 Å². The first kappa shape index (κ1) is 14.6. The highest BCUT2D eigenvalue weighted by Crippen LogP contribution is 2.22. The number of nitrogen functional groups attached to an aromatic ring is 1. The number of benzene rings is 2. The van der Waals surface area contributed by atoms with Gasteiger partial charge in [-0.3, -0.25) is 9.36 Å². The third-order valence-corrected chi connectivity index (χ3v) is 4.52. The van der Waals surface area contributed by atoms with E-state index in [9.17, 15) is 4.79 Å². The van der Waals surface area contributed by atoms with Gasteiger partial charge in [-0.2, -0.15) is 0 Å². The van der Waals surface area contributed by atoms with Crippen LogP contribution >= 0.6 is 11.3 Å². The number of aromatic nitrogens is 1. The van der Waals surface area contributed by atoms with Crippen LogP contribution in [0.25, 0.3) is 11.3 Å². The highest BCUT2D eigenvalue weighted by molar-refractivity contribution is 7.07. The molecule has 2 aromatic carbocycles. The number of nitrogens with two attached hydrogens (primary N) is 1. The lowest BCUT2D eigenvalue weighted by Crippen LogP contribution is -2.15. The van der Waals surface area contributed by atoms with Gasteiger partial charge >= 0.3 is 4.87 Å². The van der Waals surface area contributed by atoms with Crippen LogP contribution in [0.2, 0.25) is 0 Å². The van der Waals surface area contributed by atoms with E-state index in [1.807, 2.05) is 34.2 Å². The summed E-state index contributed by atoms with van der Waals surface area (Å²) >= 11 is 1.24.